The SMILES string of the molecule is COC1CC2CCCCC21. The lowest BCUT2D eigenvalue weighted by Gasteiger charge is -2.46. The summed E-state index contributed by atoms with van der Waals surface area (Å²) in [6, 6.07) is 0. The van der Waals surface area contributed by atoms with Crippen molar-refractivity contribution in [1.29, 1.82) is 0 Å². The van der Waals surface area contributed by atoms with Crippen molar-refractivity contribution >= 4 is 0 Å². The molecule has 0 amide bonds. The topological polar surface area (TPSA) is 9.23 Å². The minimum absolute atomic E-state index is 0.630. The molecule has 3 atom stereocenters. The van der Waals surface area contributed by atoms with E-state index in [9.17, 15) is 0 Å². The van der Waals surface area contributed by atoms with Crippen LogP contribution in [0.1, 0.15) is 32.1 Å². The summed E-state index contributed by atoms with van der Waals surface area (Å²) in [5.74, 6) is 1.98. The predicted molar refractivity (Wildman–Crippen MR) is 40.9 cm³/mol. The number of fused-ring (bicyclic) bond motifs is 1. The summed E-state index contributed by atoms with van der Waals surface area (Å²) in [4.78, 5) is 0. The molecule has 0 aliphatic heterocycles. The van der Waals surface area contributed by atoms with Gasteiger partial charge in [0.2, 0.25) is 0 Å². The molecule has 0 radical (unpaired) electrons. The Hall–Kier alpha value is -0.0400. The second kappa shape index (κ2) is 2.54. The standard InChI is InChI=1S/C9H16O/c1-10-9-6-7-4-2-3-5-8(7)9/h7-9H,2-6H2,1H3. The summed E-state index contributed by atoms with van der Waals surface area (Å²) in [6.45, 7) is 0. The van der Waals surface area contributed by atoms with Crippen molar-refractivity contribution in [3.8, 4) is 0 Å². The summed E-state index contributed by atoms with van der Waals surface area (Å²) >= 11 is 0. The van der Waals surface area contributed by atoms with E-state index in [1.165, 1.54) is 32.1 Å². The molecule has 0 bridgehead atoms. The van der Waals surface area contributed by atoms with Gasteiger partial charge < -0.3 is 4.74 Å². The van der Waals surface area contributed by atoms with Crippen molar-refractivity contribution in [2.24, 2.45) is 11.8 Å². The fourth-order valence-corrected chi connectivity index (χ4v) is 2.57. The average Bonchev–Trinajstić information content (AvgIpc) is 1.92. The molecular weight excluding hydrogens is 124 g/mol. The second-order valence-corrected chi connectivity index (χ2v) is 3.72. The Balaban J connectivity index is 1.89. The smallest absolute Gasteiger partial charge is 0.0604 e. The summed E-state index contributed by atoms with van der Waals surface area (Å²) in [5, 5.41) is 0. The van der Waals surface area contributed by atoms with E-state index in [4.69, 9.17) is 4.74 Å². The third-order valence-electron chi connectivity index (χ3n) is 3.28. The first-order valence-corrected chi connectivity index (χ1v) is 4.44. The predicted octanol–water partition coefficient (Wildman–Crippen LogP) is 2.21. The van der Waals surface area contributed by atoms with Gasteiger partial charge in [0.05, 0.1) is 6.10 Å². The van der Waals surface area contributed by atoms with Crippen LogP contribution in [-0.4, -0.2) is 13.2 Å². The van der Waals surface area contributed by atoms with E-state index < -0.39 is 0 Å². The summed E-state index contributed by atoms with van der Waals surface area (Å²) in [7, 11) is 1.86. The average molecular weight is 140 g/mol. The molecule has 10 heavy (non-hydrogen) atoms. The Labute approximate surface area is 62.8 Å². The molecule has 1 heteroatoms. The van der Waals surface area contributed by atoms with E-state index in [0.717, 1.165) is 11.8 Å². The van der Waals surface area contributed by atoms with Gasteiger partial charge in [-0.2, -0.15) is 0 Å². The number of methoxy groups -OCH3 is 1. The maximum absolute atomic E-state index is 5.36. The molecule has 2 aliphatic carbocycles. The van der Waals surface area contributed by atoms with Crippen LogP contribution >= 0.6 is 0 Å². The van der Waals surface area contributed by atoms with Gasteiger partial charge >= 0.3 is 0 Å². The first-order valence-electron chi connectivity index (χ1n) is 4.44. The zero-order chi connectivity index (χ0) is 6.97. The highest BCUT2D eigenvalue weighted by atomic mass is 16.5. The molecule has 58 valence electrons. The Morgan fingerprint density at radius 3 is 2.70 bits per heavy atom. The third kappa shape index (κ3) is 0.878. The van der Waals surface area contributed by atoms with Crippen LogP contribution in [0.15, 0.2) is 0 Å². The number of rotatable bonds is 1. The first kappa shape index (κ1) is 6.66. The van der Waals surface area contributed by atoms with Crippen molar-refractivity contribution in [2.75, 3.05) is 7.11 Å². The molecule has 0 aromatic carbocycles. The highest BCUT2D eigenvalue weighted by Gasteiger charge is 2.41. The normalized spacial score (nSPS) is 45.9. The van der Waals surface area contributed by atoms with E-state index in [0.29, 0.717) is 6.10 Å². The van der Waals surface area contributed by atoms with Gasteiger partial charge in [0, 0.05) is 7.11 Å². The Bertz CT molecular complexity index is 118. The largest absolute Gasteiger partial charge is 0.381 e. The molecule has 2 aliphatic rings. The summed E-state index contributed by atoms with van der Waals surface area (Å²) in [5.41, 5.74) is 0. The van der Waals surface area contributed by atoms with Crippen LogP contribution in [0.2, 0.25) is 0 Å². The lowest BCUT2D eigenvalue weighted by molar-refractivity contribution is -0.0814. The van der Waals surface area contributed by atoms with Crippen LogP contribution in [0, 0.1) is 11.8 Å². The van der Waals surface area contributed by atoms with E-state index in [2.05, 4.69) is 0 Å². The van der Waals surface area contributed by atoms with E-state index >= 15 is 0 Å². The van der Waals surface area contributed by atoms with Crippen molar-refractivity contribution in [3.63, 3.8) is 0 Å². The summed E-state index contributed by atoms with van der Waals surface area (Å²) in [6.07, 6.45) is 7.80. The molecule has 0 heterocycles. The van der Waals surface area contributed by atoms with Gasteiger partial charge in [0.25, 0.3) is 0 Å². The number of ether oxygens (including phenoxy) is 1. The Morgan fingerprint density at radius 1 is 1.20 bits per heavy atom. The molecule has 1 nitrogen and oxygen atoms in total. The number of hydrogen-bond donors (Lipinski definition) is 0. The Kier molecular flexibility index (Phi) is 1.69. The molecule has 0 aromatic heterocycles. The van der Waals surface area contributed by atoms with Crippen molar-refractivity contribution in [1.82, 2.24) is 0 Å². The minimum Gasteiger partial charge on any atom is -0.381 e. The lowest BCUT2D eigenvalue weighted by atomic mass is 9.63. The van der Waals surface area contributed by atoms with Crippen LogP contribution in [0.3, 0.4) is 0 Å². The van der Waals surface area contributed by atoms with Crippen LogP contribution < -0.4 is 0 Å². The van der Waals surface area contributed by atoms with Crippen LogP contribution in [0.5, 0.6) is 0 Å². The van der Waals surface area contributed by atoms with Crippen LogP contribution in [-0.2, 0) is 4.74 Å². The molecule has 2 saturated carbocycles. The molecule has 2 rings (SSSR count). The van der Waals surface area contributed by atoms with Gasteiger partial charge in [-0.05, 0) is 31.1 Å². The quantitative estimate of drug-likeness (QED) is 0.542. The van der Waals surface area contributed by atoms with Crippen LogP contribution in [0.25, 0.3) is 0 Å². The van der Waals surface area contributed by atoms with Crippen molar-refractivity contribution < 1.29 is 4.74 Å². The number of hydrogen-bond acceptors (Lipinski definition) is 1. The zero-order valence-electron chi connectivity index (χ0n) is 6.68. The lowest BCUT2D eigenvalue weighted by Crippen LogP contribution is -2.44. The van der Waals surface area contributed by atoms with E-state index in [1.807, 2.05) is 7.11 Å². The van der Waals surface area contributed by atoms with Gasteiger partial charge in [0.1, 0.15) is 0 Å². The van der Waals surface area contributed by atoms with Gasteiger partial charge in [-0.3, -0.25) is 0 Å². The van der Waals surface area contributed by atoms with Crippen molar-refractivity contribution in [2.45, 2.75) is 38.2 Å². The fourth-order valence-electron chi connectivity index (χ4n) is 2.57. The van der Waals surface area contributed by atoms with Gasteiger partial charge in [-0.15, -0.1) is 0 Å². The molecule has 2 fully saturated rings. The molecular formula is C9H16O. The highest BCUT2D eigenvalue weighted by molar-refractivity contribution is 4.92. The third-order valence-corrected chi connectivity index (χ3v) is 3.28. The molecule has 0 N–H and O–H groups in total. The molecule has 0 saturated heterocycles. The summed E-state index contributed by atoms with van der Waals surface area (Å²) < 4.78 is 5.36. The minimum atomic E-state index is 0.630. The van der Waals surface area contributed by atoms with E-state index in [1.54, 1.807) is 0 Å². The van der Waals surface area contributed by atoms with Crippen LogP contribution in [0.4, 0.5) is 0 Å². The fraction of sp³-hybridized carbons (Fsp3) is 1.00. The second-order valence-electron chi connectivity index (χ2n) is 3.72. The highest BCUT2D eigenvalue weighted by Crippen LogP contribution is 2.46. The maximum Gasteiger partial charge on any atom is 0.0604 e. The van der Waals surface area contributed by atoms with Gasteiger partial charge in [-0.1, -0.05) is 12.8 Å². The van der Waals surface area contributed by atoms with E-state index in [-0.39, 0.29) is 0 Å². The molecule has 3 unspecified atom stereocenters. The molecule has 0 spiro atoms. The molecule has 0 aromatic rings. The van der Waals surface area contributed by atoms with Crippen molar-refractivity contribution in [3.05, 3.63) is 0 Å². The maximum atomic E-state index is 5.36. The first-order chi connectivity index (χ1) is 4.92. The zero-order valence-corrected chi connectivity index (χ0v) is 6.68. The Morgan fingerprint density at radius 2 is 2.00 bits per heavy atom. The van der Waals surface area contributed by atoms with Gasteiger partial charge in [-0.25, -0.2) is 0 Å². The van der Waals surface area contributed by atoms with Gasteiger partial charge in [0.15, 0.2) is 0 Å². The monoisotopic (exact) mass is 140 g/mol.